The lowest BCUT2D eigenvalue weighted by molar-refractivity contribution is 0.302. The van der Waals surface area contributed by atoms with Gasteiger partial charge in [-0.3, -0.25) is 0 Å². The van der Waals surface area contributed by atoms with Gasteiger partial charge in [-0.05, 0) is 36.9 Å². The molecule has 0 aromatic heterocycles. The van der Waals surface area contributed by atoms with Gasteiger partial charge in [0, 0.05) is 17.1 Å². The third-order valence-corrected chi connectivity index (χ3v) is 3.45. The number of hydrogen-bond acceptors (Lipinski definition) is 2. The highest BCUT2D eigenvalue weighted by Crippen LogP contribution is 2.27. The van der Waals surface area contributed by atoms with Gasteiger partial charge in [-0.15, -0.1) is 0 Å². The molecule has 0 amide bonds. The van der Waals surface area contributed by atoms with Gasteiger partial charge in [0.05, 0.1) is 5.02 Å². The molecule has 0 bridgehead atoms. The third kappa shape index (κ3) is 3.63. The van der Waals surface area contributed by atoms with Crippen molar-refractivity contribution in [2.45, 2.75) is 13.2 Å². The molecule has 2 rings (SSSR count). The molecule has 1 N–H and O–H groups in total. The molecule has 106 valence electrons. The lowest BCUT2D eigenvalue weighted by Crippen LogP contribution is -2.08. The van der Waals surface area contributed by atoms with E-state index < -0.39 is 5.82 Å². The summed E-state index contributed by atoms with van der Waals surface area (Å²) in [5.41, 5.74) is 1.69. The summed E-state index contributed by atoms with van der Waals surface area (Å²) in [5.74, 6) is 0.265. The molecule has 0 saturated heterocycles. The predicted molar refractivity (Wildman–Crippen MR) is 80.0 cm³/mol. The monoisotopic (exact) mass is 313 g/mol. The fourth-order valence-corrected chi connectivity index (χ4v) is 2.25. The molecule has 0 spiro atoms. The average Bonchev–Trinajstić information content (AvgIpc) is 2.43. The van der Waals surface area contributed by atoms with Crippen LogP contribution in [0.2, 0.25) is 10.0 Å². The van der Waals surface area contributed by atoms with E-state index in [1.165, 1.54) is 6.07 Å². The van der Waals surface area contributed by atoms with E-state index in [4.69, 9.17) is 27.9 Å². The van der Waals surface area contributed by atoms with Crippen molar-refractivity contribution in [1.29, 1.82) is 0 Å². The molecule has 0 aliphatic carbocycles. The molecule has 0 aliphatic heterocycles. The minimum atomic E-state index is -0.436. The fourth-order valence-electron chi connectivity index (χ4n) is 1.81. The third-order valence-electron chi connectivity index (χ3n) is 2.81. The maximum absolute atomic E-state index is 13.1. The van der Waals surface area contributed by atoms with Gasteiger partial charge in [0.2, 0.25) is 0 Å². The average molecular weight is 314 g/mol. The summed E-state index contributed by atoms with van der Waals surface area (Å²) >= 11 is 11.9. The minimum Gasteiger partial charge on any atom is -0.489 e. The molecule has 0 radical (unpaired) electrons. The number of nitrogens with one attached hydrogen (secondary N) is 1. The van der Waals surface area contributed by atoms with E-state index in [2.05, 4.69) is 5.32 Å². The highest BCUT2D eigenvalue weighted by Gasteiger charge is 2.08. The van der Waals surface area contributed by atoms with Gasteiger partial charge in [0.1, 0.15) is 18.2 Å². The largest absolute Gasteiger partial charge is 0.489 e. The van der Waals surface area contributed by atoms with Crippen molar-refractivity contribution >= 4 is 23.2 Å². The molecule has 2 aromatic carbocycles. The van der Waals surface area contributed by atoms with Crippen LogP contribution in [-0.2, 0) is 13.2 Å². The summed E-state index contributed by atoms with van der Waals surface area (Å²) in [7, 11) is 1.84. The Morgan fingerprint density at radius 2 is 1.95 bits per heavy atom. The lowest BCUT2D eigenvalue weighted by Gasteiger charge is -2.13. The Labute approximate surface area is 127 Å². The Kier molecular flexibility index (Phi) is 5.24. The van der Waals surface area contributed by atoms with Crippen LogP contribution in [0.25, 0.3) is 0 Å². The zero-order valence-corrected chi connectivity index (χ0v) is 12.4. The Morgan fingerprint density at radius 1 is 1.15 bits per heavy atom. The summed E-state index contributed by atoms with van der Waals surface area (Å²) in [6.07, 6.45) is 0. The summed E-state index contributed by atoms with van der Waals surface area (Å²) < 4.78 is 18.8. The van der Waals surface area contributed by atoms with E-state index in [9.17, 15) is 4.39 Å². The minimum absolute atomic E-state index is 0.0904. The van der Waals surface area contributed by atoms with Crippen LogP contribution < -0.4 is 10.1 Å². The zero-order chi connectivity index (χ0) is 14.5. The standard InChI is InChI=1S/C15H14Cl2FNO/c1-19-8-11-12(16)3-2-4-15(11)20-9-10-5-6-14(18)13(17)7-10/h2-7,19H,8-9H2,1H3. The summed E-state index contributed by atoms with van der Waals surface area (Å²) in [6, 6.07) is 10.0. The van der Waals surface area contributed by atoms with Gasteiger partial charge in [-0.25, -0.2) is 4.39 Å². The first-order chi connectivity index (χ1) is 9.61. The highest BCUT2D eigenvalue weighted by atomic mass is 35.5. The van der Waals surface area contributed by atoms with E-state index in [1.807, 2.05) is 25.2 Å². The molecule has 20 heavy (non-hydrogen) atoms. The van der Waals surface area contributed by atoms with Crippen molar-refractivity contribution < 1.29 is 9.13 Å². The molecule has 2 nitrogen and oxygen atoms in total. The lowest BCUT2D eigenvalue weighted by atomic mass is 10.2. The van der Waals surface area contributed by atoms with E-state index in [0.29, 0.717) is 23.9 Å². The predicted octanol–water partition coefficient (Wildman–Crippen LogP) is 4.43. The molecule has 0 fully saturated rings. The van der Waals surface area contributed by atoms with Gasteiger partial charge in [0.15, 0.2) is 0 Å². The first kappa shape index (κ1) is 15.1. The van der Waals surface area contributed by atoms with E-state index in [0.717, 1.165) is 11.1 Å². The van der Waals surface area contributed by atoms with Crippen LogP contribution >= 0.6 is 23.2 Å². The Morgan fingerprint density at radius 3 is 2.65 bits per heavy atom. The zero-order valence-electron chi connectivity index (χ0n) is 10.9. The first-order valence-electron chi connectivity index (χ1n) is 6.10. The Hall–Kier alpha value is -1.29. The quantitative estimate of drug-likeness (QED) is 0.881. The Bertz CT molecular complexity index is 604. The Balaban J connectivity index is 2.14. The van der Waals surface area contributed by atoms with E-state index in [1.54, 1.807) is 12.1 Å². The number of halogens is 3. The van der Waals surface area contributed by atoms with Crippen molar-refractivity contribution in [3.05, 3.63) is 63.4 Å². The smallest absolute Gasteiger partial charge is 0.141 e. The number of benzene rings is 2. The molecule has 2 aromatic rings. The van der Waals surface area contributed by atoms with Crippen LogP contribution in [0.3, 0.4) is 0 Å². The second-order valence-electron chi connectivity index (χ2n) is 4.28. The molecular weight excluding hydrogens is 300 g/mol. The summed E-state index contributed by atoms with van der Waals surface area (Å²) in [4.78, 5) is 0. The molecule has 0 saturated carbocycles. The van der Waals surface area contributed by atoms with Crippen molar-refractivity contribution in [2.75, 3.05) is 7.05 Å². The van der Waals surface area contributed by atoms with E-state index in [-0.39, 0.29) is 5.02 Å². The van der Waals surface area contributed by atoms with Gasteiger partial charge in [0.25, 0.3) is 0 Å². The fraction of sp³-hybridized carbons (Fsp3) is 0.200. The van der Waals surface area contributed by atoms with Crippen molar-refractivity contribution in [2.24, 2.45) is 0 Å². The van der Waals surface area contributed by atoms with Crippen LogP contribution in [-0.4, -0.2) is 7.05 Å². The summed E-state index contributed by atoms with van der Waals surface area (Å²) in [6.45, 7) is 0.913. The molecule has 0 heterocycles. The first-order valence-corrected chi connectivity index (χ1v) is 6.86. The second kappa shape index (κ2) is 6.93. The van der Waals surface area contributed by atoms with Crippen LogP contribution in [0, 0.1) is 5.82 Å². The van der Waals surface area contributed by atoms with Gasteiger partial charge >= 0.3 is 0 Å². The van der Waals surface area contributed by atoms with Crippen molar-refractivity contribution in [3.8, 4) is 5.75 Å². The van der Waals surface area contributed by atoms with Gasteiger partial charge in [-0.1, -0.05) is 35.3 Å². The number of rotatable bonds is 5. The van der Waals surface area contributed by atoms with Gasteiger partial charge in [-0.2, -0.15) is 0 Å². The van der Waals surface area contributed by atoms with Crippen LogP contribution in [0.4, 0.5) is 4.39 Å². The molecule has 0 aliphatic rings. The molecule has 0 atom stereocenters. The molecule has 0 unspecified atom stereocenters. The van der Waals surface area contributed by atoms with Crippen LogP contribution in [0.15, 0.2) is 36.4 Å². The molecular formula is C15H14Cl2FNO. The summed E-state index contributed by atoms with van der Waals surface area (Å²) in [5, 5.41) is 3.78. The molecule has 5 heteroatoms. The van der Waals surface area contributed by atoms with Crippen LogP contribution in [0.5, 0.6) is 5.75 Å². The maximum atomic E-state index is 13.1. The SMILES string of the molecule is CNCc1c(Cl)cccc1OCc1ccc(F)c(Cl)c1. The van der Waals surface area contributed by atoms with Gasteiger partial charge < -0.3 is 10.1 Å². The number of ether oxygens (including phenoxy) is 1. The van der Waals surface area contributed by atoms with E-state index >= 15 is 0 Å². The van der Waals surface area contributed by atoms with Crippen molar-refractivity contribution in [1.82, 2.24) is 5.32 Å². The maximum Gasteiger partial charge on any atom is 0.141 e. The normalized spacial score (nSPS) is 10.6. The second-order valence-corrected chi connectivity index (χ2v) is 5.10. The topological polar surface area (TPSA) is 21.3 Å². The van der Waals surface area contributed by atoms with Crippen molar-refractivity contribution in [3.63, 3.8) is 0 Å². The van der Waals surface area contributed by atoms with Crippen LogP contribution in [0.1, 0.15) is 11.1 Å². The highest BCUT2D eigenvalue weighted by molar-refractivity contribution is 6.31. The number of hydrogen-bond donors (Lipinski definition) is 1.